The Morgan fingerprint density at radius 1 is 1.48 bits per heavy atom. The summed E-state index contributed by atoms with van der Waals surface area (Å²) in [5.74, 6) is 0.754. The Labute approximate surface area is 128 Å². The lowest BCUT2D eigenvalue weighted by Crippen LogP contribution is -2.44. The Hall–Kier alpha value is -0.980. The molecule has 3 heterocycles. The third-order valence-corrected chi connectivity index (χ3v) is 5.22. The smallest absolute Gasteiger partial charge is 0.273 e. The van der Waals surface area contributed by atoms with E-state index in [1.54, 1.807) is 5.51 Å². The Balaban J connectivity index is 1.49. The van der Waals surface area contributed by atoms with Crippen molar-refractivity contribution in [3.63, 3.8) is 0 Å². The number of nitrogens with zero attached hydrogens (tertiary/aromatic N) is 2. The molecule has 2 saturated heterocycles. The minimum atomic E-state index is 0.0225. The molecule has 0 spiro atoms. The number of likely N-dealkylation sites (tertiary alicyclic amines) is 1. The molecule has 114 valence electrons. The van der Waals surface area contributed by atoms with Gasteiger partial charge in [0.15, 0.2) is 0 Å². The number of hydrogen-bond donors (Lipinski definition) is 0. The monoisotopic (exact) mass is 308 g/mol. The summed E-state index contributed by atoms with van der Waals surface area (Å²) in [5.41, 5.74) is 2.26. The Bertz CT molecular complexity index is 503. The van der Waals surface area contributed by atoms with E-state index >= 15 is 0 Å². The first kappa shape index (κ1) is 13.7. The lowest BCUT2D eigenvalue weighted by Gasteiger charge is -2.31. The van der Waals surface area contributed by atoms with E-state index in [1.807, 2.05) is 10.3 Å². The van der Waals surface area contributed by atoms with Gasteiger partial charge in [-0.15, -0.1) is 11.3 Å². The molecule has 6 heteroatoms. The second kappa shape index (κ2) is 5.66. The van der Waals surface area contributed by atoms with E-state index in [0.717, 1.165) is 32.0 Å². The zero-order valence-electron chi connectivity index (χ0n) is 11.9. The summed E-state index contributed by atoms with van der Waals surface area (Å²) < 4.78 is 12.0. The molecular formula is C15H20N2O3S. The van der Waals surface area contributed by atoms with Crippen molar-refractivity contribution < 1.29 is 14.3 Å². The molecule has 4 rings (SSSR count). The summed E-state index contributed by atoms with van der Waals surface area (Å²) in [6, 6.07) is 0.150. The fourth-order valence-electron chi connectivity index (χ4n) is 3.30. The molecule has 0 radical (unpaired) electrons. The van der Waals surface area contributed by atoms with Crippen LogP contribution in [0.2, 0.25) is 0 Å². The van der Waals surface area contributed by atoms with Crippen molar-refractivity contribution in [2.75, 3.05) is 19.8 Å². The largest absolute Gasteiger partial charge is 0.373 e. The fourth-order valence-corrected chi connectivity index (χ4v) is 3.83. The van der Waals surface area contributed by atoms with Crippen molar-refractivity contribution in [1.29, 1.82) is 0 Å². The molecule has 1 amide bonds. The molecule has 1 aromatic rings. The molecule has 2 aliphatic heterocycles. The number of ether oxygens (including phenoxy) is 2. The number of thiazole rings is 1. The average molecular weight is 308 g/mol. The van der Waals surface area contributed by atoms with Gasteiger partial charge in [-0.3, -0.25) is 4.79 Å². The van der Waals surface area contributed by atoms with Gasteiger partial charge in [-0.25, -0.2) is 4.98 Å². The minimum Gasteiger partial charge on any atom is -0.373 e. The molecule has 0 bridgehead atoms. The van der Waals surface area contributed by atoms with Crippen LogP contribution in [-0.4, -0.2) is 53.8 Å². The number of fused-ring (bicyclic) bond motifs is 1. The highest BCUT2D eigenvalue weighted by Gasteiger charge is 2.47. The van der Waals surface area contributed by atoms with E-state index in [-0.39, 0.29) is 24.2 Å². The summed E-state index contributed by atoms with van der Waals surface area (Å²) in [4.78, 5) is 18.7. The van der Waals surface area contributed by atoms with Gasteiger partial charge in [0.25, 0.3) is 5.91 Å². The van der Waals surface area contributed by atoms with E-state index in [2.05, 4.69) is 4.98 Å². The van der Waals surface area contributed by atoms with Crippen LogP contribution in [0.25, 0.3) is 0 Å². The van der Waals surface area contributed by atoms with Gasteiger partial charge in [0, 0.05) is 18.6 Å². The molecule has 1 saturated carbocycles. The first-order valence-corrected chi connectivity index (χ1v) is 8.69. The highest BCUT2D eigenvalue weighted by atomic mass is 32.1. The van der Waals surface area contributed by atoms with Crippen molar-refractivity contribution in [2.45, 2.75) is 43.9 Å². The van der Waals surface area contributed by atoms with E-state index in [9.17, 15) is 4.79 Å². The molecule has 1 aliphatic carbocycles. The molecule has 1 aromatic heterocycles. The normalized spacial score (nSPS) is 32.2. The van der Waals surface area contributed by atoms with Gasteiger partial charge in [0.05, 0.1) is 18.1 Å². The summed E-state index contributed by atoms with van der Waals surface area (Å²) in [6.45, 7) is 2.23. The quantitative estimate of drug-likeness (QED) is 0.853. The highest BCUT2D eigenvalue weighted by Crippen LogP contribution is 2.34. The molecule has 3 aliphatic rings. The number of rotatable bonds is 4. The van der Waals surface area contributed by atoms with Crippen LogP contribution in [0.15, 0.2) is 10.9 Å². The molecule has 0 N–H and O–H groups in total. The second-order valence-corrected chi connectivity index (χ2v) is 6.91. The zero-order valence-corrected chi connectivity index (χ0v) is 12.8. The molecule has 3 fully saturated rings. The van der Waals surface area contributed by atoms with Gasteiger partial charge in [0.2, 0.25) is 0 Å². The maximum Gasteiger partial charge on any atom is 0.273 e. The SMILES string of the molecule is O=C(c1cscn1)N1C[C@@H](OCC2CC2)[C@@H]2OCCC[C@@H]21. The van der Waals surface area contributed by atoms with Crippen molar-refractivity contribution in [3.8, 4) is 0 Å². The van der Waals surface area contributed by atoms with Gasteiger partial charge < -0.3 is 14.4 Å². The Morgan fingerprint density at radius 2 is 2.38 bits per heavy atom. The second-order valence-electron chi connectivity index (χ2n) is 6.19. The topological polar surface area (TPSA) is 51.7 Å². The lowest BCUT2D eigenvalue weighted by atomic mass is 10.0. The number of carbonyl (C=O) groups is 1. The minimum absolute atomic E-state index is 0.0225. The first-order chi connectivity index (χ1) is 10.3. The number of carbonyl (C=O) groups excluding carboxylic acids is 1. The summed E-state index contributed by atoms with van der Waals surface area (Å²) in [5, 5.41) is 1.82. The van der Waals surface area contributed by atoms with Crippen LogP contribution in [0.5, 0.6) is 0 Å². The van der Waals surface area contributed by atoms with Gasteiger partial charge in [-0.1, -0.05) is 0 Å². The van der Waals surface area contributed by atoms with Crippen molar-refractivity contribution >= 4 is 17.2 Å². The van der Waals surface area contributed by atoms with E-state index in [1.165, 1.54) is 24.2 Å². The van der Waals surface area contributed by atoms with Crippen LogP contribution in [0.3, 0.4) is 0 Å². The average Bonchev–Trinajstić information content (AvgIpc) is 3.05. The van der Waals surface area contributed by atoms with Crippen LogP contribution in [0.1, 0.15) is 36.2 Å². The highest BCUT2D eigenvalue weighted by molar-refractivity contribution is 7.07. The van der Waals surface area contributed by atoms with Gasteiger partial charge in [-0.05, 0) is 31.6 Å². The third-order valence-electron chi connectivity index (χ3n) is 4.63. The number of aromatic nitrogens is 1. The lowest BCUT2D eigenvalue weighted by molar-refractivity contribution is -0.0781. The van der Waals surface area contributed by atoms with E-state index in [4.69, 9.17) is 9.47 Å². The van der Waals surface area contributed by atoms with Crippen LogP contribution in [-0.2, 0) is 9.47 Å². The molecule has 3 atom stereocenters. The van der Waals surface area contributed by atoms with Crippen LogP contribution >= 0.6 is 11.3 Å². The molecular weight excluding hydrogens is 288 g/mol. The predicted octanol–water partition coefficient (Wildman–Crippen LogP) is 1.94. The van der Waals surface area contributed by atoms with Gasteiger partial charge in [-0.2, -0.15) is 0 Å². The van der Waals surface area contributed by atoms with Gasteiger partial charge in [0.1, 0.15) is 17.9 Å². The molecule has 21 heavy (non-hydrogen) atoms. The molecule has 0 unspecified atom stereocenters. The zero-order chi connectivity index (χ0) is 14.2. The molecule has 5 nitrogen and oxygen atoms in total. The fraction of sp³-hybridized carbons (Fsp3) is 0.733. The standard InChI is InChI=1S/C15H20N2O3S/c18-15(11-8-21-9-16-11)17-6-13(20-7-10-3-4-10)14-12(17)2-1-5-19-14/h8-10,12-14H,1-7H2/t12-,13+,14+/m0/s1. The van der Waals surface area contributed by atoms with E-state index < -0.39 is 0 Å². The van der Waals surface area contributed by atoms with Crippen LogP contribution < -0.4 is 0 Å². The Morgan fingerprint density at radius 3 is 3.14 bits per heavy atom. The summed E-state index contributed by atoms with van der Waals surface area (Å²) >= 11 is 1.46. The predicted molar refractivity (Wildman–Crippen MR) is 78.4 cm³/mol. The van der Waals surface area contributed by atoms with Crippen LogP contribution in [0, 0.1) is 5.92 Å². The van der Waals surface area contributed by atoms with Crippen molar-refractivity contribution in [2.24, 2.45) is 5.92 Å². The summed E-state index contributed by atoms with van der Waals surface area (Å²) in [7, 11) is 0. The van der Waals surface area contributed by atoms with Crippen molar-refractivity contribution in [3.05, 3.63) is 16.6 Å². The van der Waals surface area contributed by atoms with E-state index in [0.29, 0.717) is 12.2 Å². The maximum absolute atomic E-state index is 12.6. The van der Waals surface area contributed by atoms with Crippen molar-refractivity contribution in [1.82, 2.24) is 9.88 Å². The van der Waals surface area contributed by atoms with Gasteiger partial charge >= 0.3 is 0 Å². The first-order valence-electron chi connectivity index (χ1n) is 7.75. The van der Waals surface area contributed by atoms with Crippen LogP contribution in [0.4, 0.5) is 0 Å². The maximum atomic E-state index is 12.6. The third kappa shape index (κ3) is 2.72. The summed E-state index contributed by atoms with van der Waals surface area (Å²) in [6.07, 6.45) is 4.64. The Kier molecular flexibility index (Phi) is 3.69. The number of amides is 1. The molecule has 0 aromatic carbocycles. The number of hydrogen-bond acceptors (Lipinski definition) is 5.